The summed E-state index contributed by atoms with van der Waals surface area (Å²) in [5.41, 5.74) is 0. The van der Waals surface area contributed by atoms with Gasteiger partial charge in [-0.25, -0.2) is 8.42 Å². The SMILES string of the molecule is CCC(CC)N(CCO)S(=O)(=O)c1c(Cl)cccc1Cl. The summed E-state index contributed by atoms with van der Waals surface area (Å²) in [5.74, 6) is 0. The fraction of sp³-hybridized carbons (Fsp3) is 0.538. The Morgan fingerprint density at radius 1 is 1.20 bits per heavy atom. The van der Waals surface area contributed by atoms with Gasteiger partial charge in [0.2, 0.25) is 10.0 Å². The summed E-state index contributed by atoms with van der Waals surface area (Å²) in [6, 6.07) is 4.38. The molecule has 114 valence electrons. The van der Waals surface area contributed by atoms with Crippen molar-refractivity contribution < 1.29 is 13.5 Å². The molecule has 4 nitrogen and oxygen atoms in total. The fourth-order valence-electron chi connectivity index (χ4n) is 2.14. The molecule has 20 heavy (non-hydrogen) atoms. The molecule has 0 aliphatic carbocycles. The second-order valence-electron chi connectivity index (χ2n) is 4.36. The molecule has 1 N–H and O–H groups in total. The minimum Gasteiger partial charge on any atom is -0.395 e. The van der Waals surface area contributed by atoms with Crippen LogP contribution in [0, 0.1) is 0 Å². The molecule has 0 aliphatic rings. The van der Waals surface area contributed by atoms with E-state index >= 15 is 0 Å². The summed E-state index contributed by atoms with van der Waals surface area (Å²) in [6.45, 7) is 3.58. The summed E-state index contributed by atoms with van der Waals surface area (Å²) in [4.78, 5) is -0.0938. The summed E-state index contributed by atoms with van der Waals surface area (Å²) in [7, 11) is -3.84. The molecule has 0 fully saturated rings. The van der Waals surface area contributed by atoms with E-state index < -0.39 is 10.0 Å². The van der Waals surface area contributed by atoms with Crippen LogP contribution < -0.4 is 0 Å². The van der Waals surface area contributed by atoms with Gasteiger partial charge in [0.15, 0.2) is 0 Å². The predicted octanol–water partition coefficient (Wildman–Crippen LogP) is 3.17. The quantitative estimate of drug-likeness (QED) is 0.829. The van der Waals surface area contributed by atoms with Crippen molar-refractivity contribution in [1.29, 1.82) is 0 Å². The van der Waals surface area contributed by atoms with Crippen LogP contribution in [-0.4, -0.2) is 37.0 Å². The van der Waals surface area contributed by atoms with Crippen LogP contribution in [0.1, 0.15) is 26.7 Å². The number of rotatable bonds is 7. The highest BCUT2D eigenvalue weighted by Gasteiger charge is 2.32. The molecule has 0 saturated carbocycles. The zero-order valence-corrected chi connectivity index (χ0v) is 13.8. The van der Waals surface area contributed by atoms with Gasteiger partial charge in [-0.1, -0.05) is 43.1 Å². The minimum atomic E-state index is -3.84. The molecule has 0 aromatic heterocycles. The number of hydrogen-bond acceptors (Lipinski definition) is 3. The lowest BCUT2D eigenvalue weighted by atomic mass is 10.2. The molecule has 0 amide bonds. The van der Waals surface area contributed by atoms with Gasteiger partial charge in [-0.2, -0.15) is 4.31 Å². The molecule has 1 aromatic rings. The molecular formula is C13H19Cl2NO3S. The zero-order chi connectivity index (χ0) is 15.3. The Morgan fingerprint density at radius 3 is 2.10 bits per heavy atom. The third kappa shape index (κ3) is 3.65. The minimum absolute atomic E-state index is 0.0240. The maximum Gasteiger partial charge on any atom is 0.246 e. The van der Waals surface area contributed by atoms with Crippen LogP contribution in [0.4, 0.5) is 0 Å². The first-order chi connectivity index (χ1) is 9.39. The van der Waals surface area contributed by atoms with Gasteiger partial charge in [0.1, 0.15) is 4.90 Å². The lowest BCUT2D eigenvalue weighted by Crippen LogP contribution is -2.41. The molecule has 0 spiro atoms. The van der Waals surface area contributed by atoms with Crippen LogP contribution in [0.15, 0.2) is 23.1 Å². The molecule has 0 atom stereocenters. The molecule has 7 heteroatoms. The van der Waals surface area contributed by atoms with Gasteiger partial charge >= 0.3 is 0 Å². The van der Waals surface area contributed by atoms with Crippen molar-refractivity contribution in [3.63, 3.8) is 0 Å². The fourth-order valence-corrected chi connectivity index (χ4v) is 5.00. The highest BCUT2D eigenvalue weighted by molar-refractivity contribution is 7.89. The highest BCUT2D eigenvalue weighted by Crippen LogP contribution is 2.32. The molecule has 0 bridgehead atoms. The number of aliphatic hydroxyl groups excluding tert-OH is 1. The van der Waals surface area contributed by atoms with Crippen molar-refractivity contribution in [2.75, 3.05) is 13.2 Å². The third-order valence-electron chi connectivity index (χ3n) is 3.16. The first-order valence-corrected chi connectivity index (χ1v) is 8.66. The Bertz CT molecular complexity index is 524. The summed E-state index contributed by atoms with van der Waals surface area (Å²) in [5, 5.41) is 9.33. The maximum atomic E-state index is 12.8. The van der Waals surface area contributed by atoms with Crippen LogP contribution in [0.25, 0.3) is 0 Å². The van der Waals surface area contributed by atoms with Gasteiger partial charge in [0.05, 0.1) is 16.7 Å². The van der Waals surface area contributed by atoms with Crippen LogP contribution >= 0.6 is 23.2 Å². The molecule has 0 saturated heterocycles. The van der Waals surface area contributed by atoms with Crippen molar-refractivity contribution >= 4 is 33.2 Å². The Balaban J connectivity index is 3.37. The second-order valence-corrected chi connectivity index (χ2v) is 7.00. The van der Waals surface area contributed by atoms with E-state index in [0.717, 1.165) is 0 Å². The average molecular weight is 340 g/mol. The van der Waals surface area contributed by atoms with Crippen molar-refractivity contribution in [1.82, 2.24) is 4.31 Å². The first kappa shape index (κ1) is 17.7. The normalized spacial score (nSPS) is 12.3. The van der Waals surface area contributed by atoms with Gasteiger partial charge in [-0.15, -0.1) is 0 Å². The first-order valence-electron chi connectivity index (χ1n) is 6.46. The Kier molecular flexibility index (Phi) is 6.75. The van der Waals surface area contributed by atoms with Crippen molar-refractivity contribution in [3.05, 3.63) is 28.2 Å². The van der Waals surface area contributed by atoms with Crippen molar-refractivity contribution in [2.45, 2.75) is 37.6 Å². The monoisotopic (exact) mass is 339 g/mol. The molecule has 0 radical (unpaired) electrons. The van der Waals surface area contributed by atoms with E-state index in [1.807, 2.05) is 13.8 Å². The molecule has 1 aromatic carbocycles. The summed E-state index contributed by atoms with van der Waals surface area (Å²) >= 11 is 12.0. The number of hydrogen-bond donors (Lipinski definition) is 1. The van der Waals surface area contributed by atoms with E-state index in [0.29, 0.717) is 12.8 Å². The highest BCUT2D eigenvalue weighted by atomic mass is 35.5. The van der Waals surface area contributed by atoms with Crippen LogP contribution in [0.2, 0.25) is 10.0 Å². The number of nitrogens with zero attached hydrogens (tertiary/aromatic N) is 1. The Labute approximate surface area is 130 Å². The van der Waals surface area contributed by atoms with Crippen LogP contribution in [-0.2, 0) is 10.0 Å². The molecular weight excluding hydrogens is 321 g/mol. The van der Waals surface area contributed by atoms with Gasteiger partial charge in [0, 0.05) is 12.6 Å². The Hall–Kier alpha value is -0.330. The lowest BCUT2D eigenvalue weighted by Gasteiger charge is -2.29. The predicted molar refractivity (Wildman–Crippen MR) is 81.8 cm³/mol. The van der Waals surface area contributed by atoms with E-state index in [-0.39, 0.29) is 34.1 Å². The van der Waals surface area contributed by atoms with E-state index in [2.05, 4.69) is 0 Å². The zero-order valence-electron chi connectivity index (χ0n) is 11.5. The number of sulfonamides is 1. The van der Waals surface area contributed by atoms with E-state index in [1.54, 1.807) is 6.07 Å². The van der Waals surface area contributed by atoms with E-state index in [9.17, 15) is 8.42 Å². The van der Waals surface area contributed by atoms with Crippen LogP contribution in [0.3, 0.4) is 0 Å². The van der Waals surface area contributed by atoms with Crippen molar-refractivity contribution in [3.8, 4) is 0 Å². The van der Waals surface area contributed by atoms with Gasteiger partial charge < -0.3 is 5.11 Å². The molecule has 0 unspecified atom stereocenters. The standard InChI is InChI=1S/C13H19Cl2NO3S/c1-3-10(4-2)16(8-9-17)20(18,19)13-11(14)6-5-7-12(13)15/h5-7,10,17H,3-4,8-9H2,1-2H3. The Morgan fingerprint density at radius 2 is 1.70 bits per heavy atom. The largest absolute Gasteiger partial charge is 0.395 e. The average Bonchev–Trinajstić information content (AvgIpc) is 2.38. The van der Waals surface area contributed by atoms with E-state index in [4.69, 9.17) is 28.3 Å². The topological polar surface area (TPSA) is 57.6 Å². The van der Waals surface area contributed by atoms with Gasteiger partial charge in [-0.05, 0) is 25.0 Å². The lowest BCUT2D eigenvalue weighted by molar-refractivity contribution is 0.219. The third-order valence-corrected chi connectivity index (χ3v) is 6.06. The second kappa shape index (κ2) is 7.61. The maximum absolute atomic E-state index is 12.8. The summed E-state index contributed by atoms with van der Waals surface area (Å²) in [6.07, 6.45) is 1.30. The number of aliphatic hydroxyl groups is 1. The molecule has 1 rings (SSSR count). The van der Waals surface area contributed by atoms with Gasteiger partial charge in [-0.3, -0.25) is 0 Å². The molecule has 0 aliphatic heterocycles. The summed E-state index contributed by atoms with van der Waals surface area (Å²) < 4.78 is 26.8. The smallest absolute Gasteiger partial charge is 0.246 e. The molecule has 0 heterocycles. The van der Waals surface area contributed by atoms with Crippen LogP contribution in [0.5, 0.6) is 0 Å². The van der Waals surface area contributed by atoms with Crippen molar-refractivity contribution in [2.24, 2.45) is 0 Å². The number of halogens is 2. The van der Waals surface area contributed by atoms with Gasteiger partial charge in [0.25, 0.3) is 0 Å². The number of benzene rings is 1. The van der Waals surface area contributed by atoms with E-state index in [1.165, 1.54) is 16.4 Å².